The Labute approximate surface area is 118 Å². The van der Waals surface area contributed by atoms with Gasteiger partial charge in [-0.15, -0.1) is 0 Å². The van der Waals surface area contributed by atoms with Crippen molar-refractivity contribution in [3.05, 3.63) is 48.0 Å². The Bertz CT molecular complexity index is 537. The lowest BCUT2D eigenvalue weighted by molar-refractivity contribution is 0.0955. The maximum atomic E-state index is 12.2. The van der Waals surface area contributed by atoms with Crippen LogP contribution in [0.1, 0.15) is 29.5 Å². The van der Waals surface area contributed by atoms with E-state index in [0.29, 0.717) is 18.5 Å². The average molecular weight is 272 g/mol. The number of aromatic nitrogens is 2. The molecule has 5 heteroatoms. The number of benzene rings is 1. The monoisotopic (exact) mass is 272 g/mol. The molecule has 106 valence electrons. The number of hydrogen-bond donors (Lipinski definition) is 3. The van der Waals surface area contributed by atoms with Crippen molar-refractivity contribution in [3.63, 3.8) is 0 Å². The first-order valence-electron chi connectivity index (χ1n) is 6.90. The number of rotatable bonds is 7. The molecule has 0 aliphatic rings. The summed E-state index contributed by atoms with van der Waals surface area (Å²) in [6.07, 6.45) is 5.21. The second-order valence-corrected chi connectivity index (χ2v) is 4.51. The summed E-state index contributed by atoms with van der Waals surface area (Å²) in [4.78, 5) is 19.3. The van der Waals surface area contributed by atoms with Crippen LogP contribution in [0.25, 0.3) is 0 Å². The summed E-state index contributed by atoms with van der Waals surface area (Å²) in [5, 5.41) is 6.18. The third kappa shape index (κ3) is 3.85. The summed E-state index contributed by atoms with van der Waals surface area (Å²) in [7, 11) is 0. The molecule has 0 bridgehead atoms. The van der Waals surface area contributed by atoms with Crippen LogP contribution in [0.5, 0.6) is 0 Å². The molecule has 0 saturated heterocycles. The number of anilines is 1. The summed E-state index contributed by atoms with van der Waals surface area (Å²) in [6.45, 7) is 3.52. The molecule has 1 aromatic carbocycles. The number of aromatic amines is 1. The maximum Gasteiger partial charge on any atom is 0.253 e. The van der Waals surface area contributed by atoms with Gasteiger partial charge in [-0.3, -0.25) is 4.79 Å². The number of carbonyl (C=O) groups is 1. The highest BCUT2D eigenvalue weighted by molar-refractivity contribution is 5.99. The molecule has 0 radical (unpaired) electrons. The molecule has 0 unspecified atom stereocenters. The van der Waals surface area contributed by atoms with Gasteiger partial charge < -0.3 is 15.6 Å². The number of amides is 1. The fourth-order valence-corrected chi connectivity index (χ4v) is 1.92. The molecule has 0 saturated carbocycles. The minimum atomic E-state index is -0.0595. The number of carbonyl (C=O) groups excluding carboxylic acids is 1. The molecule has 0 aliphatic carbocycles. The molecule has 0 fully saturated rings. The van der Waals surface area contributed by atoms with Crippen molar-refractivity contribution >= 4 is 11.6 Å². The third-order valence-electron chi connectivity index (χ3n) is 2.94. The van der Waals surface area contributed by atoms with Crippen LogP contribution >= 0.6 is 0 Å². The van der Waals surface area contributed by atoms with Crippen molar-refractivity contribution in [1.29, 1.82) is 0 Å². The molecule has 20 heavy (non-hydrogen) atoms. The zero-order valence-corrected chi connectivity index (χ0v) is 11.6. The normalized spacial score (nSPS) is 10.2. The van der Waals surface area contributed by atoms with E-state index in [9.17, 15) is 4.79 Å². The molecule has 2 aromatic rings. The topological polar surface area (TPSA) is 69.8 Å². The number of imidazole rings is 1. The standard InChI is InChI=1S/C15H20N4O/c1-2-8-16-13-6-4-3-5-12(13)15(20)19-9-7-14-17-10-11-18-14/h3-6,10-11,16H,2,7-9H2,1H3,(H,17,18)(H,19,20). The molecule has 5 nitrogen and oxygen atoms in total. The molecule has 1 heterocycles. The van der Waals surface area contributed by atoms with Crippen LogP contribution < -0.4 is 10.6 Å². The van der Waals surface area contributed by atoms with Crippen LogP contribution in [0, 0.1) is 0 Å². The summed E-state index contributed by atoms with van der Waals surface area (Å²) in [5.41, 5.74) is 1.56. The predicted molar refractivity (Wildman–Crippen MR) is 79.8 cm³/mol. The van der Waals surface area contributed by atoms with Gasteiger partial charge in [0.2, 0.25) is 0 Å². The van der Waals surface area contributed by atoms with E-state index in [-0.39, 0.29) is 5.91 Å². The zero-order chi connectivity index (χ0) is 14.2. The average Bonchev–Trinajstić information content (AvgIpc) is 2.98. The van der Waals surface area contributed by atoms with Crippen LogP contribution in [0.15, 0.2) is 36.7 Å². The van der Waals surface area contributed by atoms with Gasteiger partial charge in [0.05, 0.1) is 5.56 Å². The number of H-pyrrole nitrogens is 1. The van der Waals surface area contributed by atoms with Gasteiger partial charge in [0, 0.05) is 37.6 Å². The summed E-state index contributed by atoms with van der Waals surface area (Å²) in [5.74, 6) is 0.818. The molecule has 0 atom stereocenters. The van der Waals surface area contributed by atoms with E-state index in [1.54, 1.807) is 12.4 Å². The van der Waals surface area contributed by atoms with Crippen LogP contribution in [0.3, 0.4) is 0 Å². The Balaban J connectivity index is 1.91. The van der Waals surface area contributed by atoms with Gasteiger partial charge in [0.25, 0.3) is 5.91 Å². The van der Waals surface area contributed by atoms with Gasteiger partial charge in [-0.25, -0.2) is 4.98 Å². The van der Waals surface area contributed by atoms with E-state index in [1.807, 2.05) is 24.3 Å². The second kappa shape index (κ2) is 7.33. The van der Waals surface area contributed by atoms with Crippen LogP contribution in [-0.4, -0.2) is 29.0 Å². The highest BCUT2D eigenvalue weighted by atomic mass is 16.1. The third-order valence-corrected chi connectivity index (χ3v) is 2.94. The van der Waals surface area contributed by atoms with Crippen LogP contribution in [0.2, 0.25) is 0 Å². The van der Waals surface area contributed by atoms with E-state index < -0.39 is 0 Å². The Morgan fingerprint density at radius 2 is 2.15 bits per heavy atom. The first-order chi connectivity index (χ1) is 9.81. The number of para-hydroxylation sites is 1. The molecule has 3 N–H and O–H groups in total. The number of nitrogens with one attached hydrogen (secondary N) is 3. The molecule has 1 aromatic heterocycles. The van der Waals surface area contributed by atoms with E-state index >= 15 is 0 Å². The molecular weight excluding hydrogens is 252 g/mol. The molecule has 1 amide bonds. The minimum Gasteiger partial charge on any atom is -0.384 e. The summed E-state index contributed by atoms with van der Waals surface area (Å²) >= 11 is 0. The van der Waals surface area contributed by atoms with Gasteiger partial charge in [-0.05, 0) is 18.6 Å². The van der Waals surface area contributed by atoms with E-state index in [1.165, 1.54) is 0 Å². The van der Waals surface area contributed by atoms with E-state index in [4.69, 9.17) is 0 Å². The summed E-state index contributed by atoms with van der Waals surface area (Å²) < 4.78 is 0. The highest BCUT2D eigenvalue weighted by Gasteiger charge is 2.09. The Morgan fingerprint density at radius 3 is 2.90 bits per heavy atom. The number of nitrogens with zero attached hydrogens (tertiary/aromatic N) is 1. The van der Waals surface area contributed by atoms with Gasteiger partial charge in [-0.1, -0.05) is 19.1 Å². The van der Waals surface area contributed by atoms with E-state index in [0.717, 1.165) is 24.5 Å². The fraction of sp³-hybridized carbons (Fsp3) is 0.333. The summed E-state index contributed by atoms with van der Waals surface area (Å²) in [6, 6.07) is 7.56. The molecular formula is C15H20N4O. The Kier molecular flexibility index (Phi) is 5.17. The van der Waals surface area contributed by atoms with Gasteiger partial charge in [0.1, 0.15) is 5.82 Å². The van der Waals surface area contributed by atoms with Gasteiger partial charge in [-0.2, -0.15) is 0 Å². The van der Waals surface area contributed by atoms with Crippen molar-refractivity contribution in [3.8, 4) is 0 Å². The lowest BCUT2D eigenvalue weighted by Gasteiger charge is -2.11. The second-order valence-electron chi connectivity index (χ2n) is 4.51. The van der Waals surface area contributed by atoms with Crippen molar-refractivity contribution in [2.45, 2.75) is 19.8 Å². The van der Waals surface area contributed by atoms with Gasteiger partial charge in [0.15, 0.2) is 0 Å². The quantitative estimate of drug-likeness (QED) is 0.723. The van der Waals surface area contributed by atoms with Gasteiger partial charge >= 0.3 is 0 Å². The first-order valence-corrected chi connectivity index (χ1v) is 6.90. The van der Waals surface area contributed by atoms with Crippen LogP contribution in [0.4, 0.5) is 5.69 Å². The molecule has 2 rings (SSSR count). The minimum absolute atomic E-state index is 0.0595. The Hall–Kier alpha value is -2.30. The van der Waals surface area contributed by atoms with Crippen molar-refractivity contribution in [2.75, 3.05) is 18.4 Å². The van der Waals surface area contributed by atoms with E-state index in [2.05, 4.69) is 27.5 Å². The van der Waals surface area contributed by atoms with Crippen molar-refractivity contribution in [1.82, 2.24) is 15.3 Å². The lowest BCUT2D eigenvalue weighted by atomic mass is 10.1. The first kappa shape index (κ1) is 14.1. The highest BCUT2D eigenvalue weighted by Crippen LogP contribution is 2.14. The maximum absolute atomic E-state index is 12.2. The largest absolute Gasteiger partial charge is 0.384 e. The predicted octanol–water partition coefficient (Wildman–Crippen LogP) is 2.20. The van der Waals surface area contributed by atoms with Crippen molar-refractivity contribution in [2.24, 2.45) is 0 Å². The van der Waals surface area contributed by atoms with Crippen molar-refractivity contribution < 1.29 is 4.79 Å². The molecule has 0 spiro atoms. The van der Waals surface area contributed by atoms with Crippen LogP contribution in [-0.2, 0) is 6.42 Å². The fourth-order valence-electron chi connectivity index (χ4n) is 1.92. The zero-order valence-electron chi connectivity index (χ0n) is 11.6. The SMILES string of the molecule is CCCNc1ccccc1C(=O)NCCc1ncc[nH]1. The smallest absolute Gasteiger partial charge is 0.253 e. The molecule has 0 aliphatic heterocycles. The lowest BCUT2D eigenvalue weighted by Crippen LogP contribution is -2.26. The number of hydrogen-bond acceptors (Lipinski definition) is 3. The Morgan fingerprint density at radius 1 is 1.30 bits per heavy atom.